The maximum absolute atomic E-state index is 12.0. The lowest BCUT2D eigenvalue weighted by Gasteiger charge is -2.13. The number of para-hydroxylation sites is 1. The molecule has 0 atom stereocenters. The third-order valence-electron chi connectivity index (χ3n) is 3.38. The molecule has 22 heavy (non-hydrogen) atoms. The molecule has 0 saturated heterocycles. The zero-order valence-corrected chi connectivity index (χ0v) is 12.6. The minimum Gasteiger partial charge on any atom is -0.375 e. The Balaban J connectivity index is 2.05. The first-order valence-corrected chi connectivity index (χ1v) is 6.98. The van der Waals surface area contributed by atoms with Crippen LogP contribution in [0, 0.1) is 13.8 Å². The third kappa shape index (κ3) is 3.63. The van der Waals surface area contributed by atoms with Crippen molar-refractivity contribution in [1.29, 1.82) is 0 Å². The third-order valence-corrected chi connectivity index (χ3v) is 3.38. The van der Waals surface area contributed by atoms with E-state index < -0.39 is 5.91 Å². The minimum absolute atomic E-state index is 0.0536. The molecule has 0 heterocycles. The summed E-state index contributed by atoms with van der Waals surface area (Å²) in [7, 11) is 0. The highest BCUT2D eigenvalue weighted by Gasteiger charge is 2.12. The lowest BCUT2D eigenvalue weighted by molar-refractivity contribution is -0.114. The normalized spacial score (nSPS) is 10.1. The van der Waals surface area contributed by atoms with E-state index in [0.29, 0.717) is 11.3 Å². The van der Waals surface area contributed by atoms with Gasteiger partial charge in [-0.05, 0) is 37.1 Å². The number of hydrogen-bond acceptors (Lipinski definition) is 3. The largest absolute Gasteiger partial charge is 0.375 e. The van der Waals surface area contributed by atoms with Crippen LogP contribution in [0.1, 0.15) is 21.5 Å². The van der Waals surface area contributed by atoms with Crippen LogP contribution in [0.2, 0.25) is 0 Å². The van der Waals surface area contributed by atoms with E-state index in [9.17, 15) is 9.59 Å². The van der Waals surface area contributed by atoms with E-state index in [-0.39, 0.29) is 12.5 Å². The van der Waals surface area contributed by atoms with Crippen LogP contribution in [0.15, 0.2) is 42.5 Å². The van der Waals surface area contributed by atoms with Crippen molar-refractivity contribution in [3.8, 4) is 0 Å². The summed E-state index contributed by atoms with van der Waals surface area (Å²) in [5, 5.41) is 5.79. The summed E-state index contributed by atoms with van der Waals surface area (Å²) >= 11 is 0. The molecule has 2 aromatic rings. The van der Waals surface area contributed by atoms with Gasteiger partial charge in [0.05, 0.1) is 12.1 Å². The highest BCUT2D eigenvalue weighted by Crippen LogP contribution is 2.19. The Morgan fingerprint density at radius 3 is 2.27 bits per heavy atom. The summed E-state index contributed by atoms with van der Waals surface area (Å²) in [6.45, 7) is 3.78. The lowest BCUT2D eigenvalue weighted by atomic mass is 10.1. The predicted octanol–water partition coefficient (Wildman–Crippen LogP) is 2.45. The number of amides is 2. The van der Waals surface area contributed by atoms with Crippen molar-refractivity contribution in [2.45, 2.75) is 13.8 Å². The van der Waals surface area contributed by atoms with Crippen LogP contribution in [-0.2, 0) is 4.79 Å². The van der Waals surface area contributed by atoms with Crippen LogP contribution in [0.4, 0.5) is 11.4 Å². The van der Waals surface area contributed by atoms with Crippen molar-refractivity contribution in [2.75, 3.05) is 17.2 Å². The molecule has 0 fully saturated rings. The smallest absolute Gasteiger partial charge is 0.251 e. The molecular weight excluding hydrogens is 278 g/mol. The second-order valence-corrected chi connectivity index (χ2v) is 5.08. The summed E-state index contributed by atoms with van der Waals surface area (Å²) in [6.07, 6.45) is 0. The van der Waals surface area contributed by atoms with E-state index in [1.165, 1.54) is 0 Å². The van der Waals surface area contributed by atoms with Gasteiger partial charge in [-0.15, -0.1) is 0 Å². The number of nitrogens with two attached hydrogens (primary N) is 1. The molecule has 2 amide bonds. The summed E-state index contributed by atoms with van der Waals surface area (Å²) < 4.78 is 0. The van der Waals surface area contributed by atoms with Crippen LogP contribution >= 0.6 is 0 Å². The maximum atomic E-state index is 12.0. The molecule has 0 spiro atoms. The van der Waals surface area contributed by atoms with Gasteiger partial charge in [-0.2, -0.15) is 0 Å². The van der Waals surface area contributed by atoms with E-state index in [1.807, 2.05) is 37.3 Å². The van der Waals surface area contributed by atoms with Crippen molar-refractivity contribution in [3.63, 3.8) is 0 Å². The SMILES string of the molecule is Cc1ccccc1NC(=O)CNc1cccc(C)c1C(N)=O. The summed E-state index contributed by atoms with van der Waals surface area (Å²) in [4.78, 5) is 23.5. The molecule has 2 rings (SSSR count). The Bertz CT molecular complexity index is 711. The van der Waals surface area contributed by atoms with Crippen LogP contribution in [0.3, 0.4) is 0 Å². The number of rotatable bonds is 5. The quantitative estimate of drug-likeness (QED) is 0.792. The zero-order chi connectivity index (χ0) is 16.1. The number of carbonyl (C=O) groups is 2. The van der Waals surface area contributed by atoms with Gasteiger partial charge in [-0.1, -0.05) is 30.3 Å². The molecule has 0 radical (unpaired) electrons. The molecule has 0 saturated carbocycles. The standard InChI is InChI=1S/C17H19N3O2/c1-11-6-3-4-8-13(11)20-15(21)10-19-14-9-5-7-12(2)16(14)17(18)22/h3-9,19H,10H2,1-2H3,(H2,18,22)(H,20,21). The number of carbonyl (C=O) groups excluding carboxylic acids is 2. The molecule has 0 unspecified atom stereocenters. The van der Waals surface area contributed by atoms with Crippen molar-refractivity contribution in [2.24, 2.45) is 5.73 Å². The fourth-order valence-electron chi connectivity index (χ4n) is 2.23. The Labute approximate surface area is 129 Å². The fourth-order valence-corrected chi connectivity index (χ4v) is 2.23. The fraction of sp³-hybridized carbons (Fsp3) is 0.176. The van der Waals surface area contributed by atoms with Crippen LogP contribution in [-0.4, -0.2) is 18.4 Å². The second kappa shape index (κ2) is 6.76. The first-order chi connectivity index (χ1) is 10.5. The van der Waals surface area contributed by atoms with Crippen molar-refractivity contribution in [3.05, 3.63) is 59.2 Å². The molecule has 0 aliphatic rings. The molecule has 0 bridgehead atoms. The number of aryl methyl sites for hydroxylation is 2. The number of nitrogens with one attached hydrogen (secondary N) is 2. The Hall–Kier alpha value is -2.82. The molecule has 0 aromatic heterocycles. The minimum atomic E-state index is -0.514. The van der Waals surface area contributed by atoms with E-state index >= 15 is 0 Å². The number of benzene rings is 2. The molecule has 114 valence electrons. The van der Waals surface area contributed by atoms with Gasteiger partial charge in [-0.25, -0.2) is 0 Å². The van der Waals surface area contributed by atoms with Crippen LogP contribution in [0.25, 0.3) is 0 Å². The Morgan fingerprint density at radius 1 is 0.955 bits per heavy atom. The first-order valence-electron chi connectivity index (χ1n) is 6.98. The maximum Gasteiger partial charge on any atom is 0.251 e. The first kappa shape index (κ1) is 15.6. The van der Waals surface area contributed by atoms with Gasteiger partial charge in [-0.3, -0.25) is 9.59 Å². The topological polar surface area (TPSA) is 84.2 Å². The van der Waals surface area contributed by atoms with Crippen molar-refractivity contribution in [1.82, 2.24) is 0 Å². The summed E-state index contributed by atoms with van der Waals surface area (Å²) in [6, 6.07) is 12.9. The highest BCUT2D eigenvalue weighted by molar-refractivity contribution is 6.01. The molecule has 4 N–H and O–H groups in total. The average Bonchev–Trinajstić information content (AvgIpc) is 2.47. The monoisotopic (exact) mass is 297 g/mol. The molecule has 2 aromatic carbocycles. The van der Waals surface area contributed by atoms with Gasteiger partial charge < -0.3 is 16.4 Å². The zero-order valence-electron chi connectivity index (χ0n) is 12.6. The van der Waals surface area contributed by atoms with Crippen molar-refractivity contribution >= 4 is 23.2 Å². The van der Waals surface area contributed by atoms with E-state index in [1.54, 1.807) is 19.1 Å². The van der Waals surface area contributed by atoms with Gasteiger partial charge in [0.15, 0.2) is 0 Å². The molecule has 0 aliphatic heterocycles. The van der Waals surface area contributed by atoms with Crippen LogP contribution in [0.5, 0.6) is 0 Å². The average molecular weight is 297 g/mol. The second-order valence-electron chi connectivity index (χ2n) is 5.08. The van der Waals surface area contributed by atoms with Crippen LogP contribution < -0.4 is 16.4 Å². The van der Waals surface area contributed by atoms with E-state index in [4.69, 9.17) is 5.73 Å². The molecular formula is C17H19N3O2. The Kier molecular flexibility index (Phi) is 4.78. The molecule has 0 aliphatic carbocycles. The van der Waals surface area contributed by atoms with Gasteiger partial charge in [0, 0.05) is 11.4 Å². The molecule has 5 nitrogen and oxygen atoms in total. The van der Waals surface area contributed by atoms with Crippen molar-refractivity contribution < 1.29 is 9.59 Å². The Morgan fingerprint density at radius 2 is 1.59 bits per heavy atom. The molecule has 5 heteroatoms. The number of primary amides is 1. The predicted molar refractivity (Wildman–Crippen MR) is 88.0 cm³/mol. The van der Waals surface area contributed by atoms with E-state index in [0.717, 1.165) is 16.8 Å². The van der Waals surface area contributed by atoms with Gasteiger partial charge in [0.2, 0.25) is 5.91 Å². The van der Waals surface area contributed by atoms with Gasteiger partial charge in [0.25, 0.3) is 5.91 Å². The summed E-state index contributed by atoms with van der Waals surface area (Å²) in [5.41, 5.74) is 8.89. The van der Waals surface area contributed by atoms with Gasteiger partial charge in [0.1, 0.15) is 0 Å². The number of anilines is 2. The summed E-state index contributed by atoms with van der Waals surface area (Å²) in [5.74, 6) is -0.703. The van der Waals surface area contributed by atoms with Gasteiger partial charge >= 0.3 is 0 Å². The highest BCUT2D eigenvalue weighted by atomic mass is 16.2. The number of hydrogen-bond donors (Lipinski definition) is 3. The lowest BCUT2D eigenvalue weighted by Crippen LogP contribution is -2.24. The van der Waals surface area contributed by atoms with E-state index in [2.05, 4.69) is 10.6 Å².